The second kappa shape index (κ2) is 8.71. The van der Waals surface area contributed by atoms with Crippen molar-refractivity contribution in [1.82, 2.24) is 5.32 Å². The molecule has 0 heterocycles. The van der Waals surface area contributed by atoms with Gasteiger partial charge in [0.25, 0.3) is 0 Å². The molecular weight excluding hydrogens is 286 g/mol. The van der Waals surface area contributed by atoms with Crippen LogP contribution in [0.3, 0.4) is 0 Å². The Bertz CT molecular complexity index is 318. The molecule has 0 aliphatic carbocycles. The number of aryl methyl sites for hydroxylation is 1. The number of hydrogen-bond donors (Lipinski definition) is 1. The van der Waals surface area contributed by atoms with Crippen LogP contribution in [-0.2, 0) is 6.42 Å². The molecule has 102 valence electrons. The summed E-state index contributed by atoms with van der Waals surface area (Å²) in [6.07, 6.45) is 4.94. The van der Waals surface area contributed by atoms with Crippen LogP contribution in [0.5, 0.6) is 0 Å². The Morgan fingerprint density at radius 2 is 1.83 bits per heavy atom. The first-order valence-electron chi connectivity index (χ1n) is 7.11. The van der Waals surface area contributed by atoms with Crippen LogP contribution in [0.25, 0.3) is 0 Å². The van der Waals surface area contributed by atoms with E-state index in [0.717, 1.165) is 16.9 Å². The van der Waals surface area contributed by atoms with Gasteiger partial charge in [-0.3, -0.25) is 0 Å². The zero-order valence-electron chi connectivity index (χ0n) is 11.9. The van der Waals surface area contributed by atoms with E-state index in [-0.39, 0.29) is 0 Å². The third-order valence-electron chi connectivity index (χ3n) is 3.36. The molecule has 0 aliphatic rings. The lowest BCUT2D eigenvalue weighted by Gasteiger charge is -2.22. The minimum Gasteiger partial charge on any atom is -0.314 e. The lowest BCUT2D eigenvalue weighted by atomic mass is 9.96. The standard InChI is InChI=1S/C16H26BrN/c1-4-12-18-16(13(2)3)7-5-6-14-8-10-15(17)11-9-14/h8-11,13,16,18H,4-7,12H2,1-3H3. The first-order valence-corrected chi connectivity index (χ1v) is 7.90. The van der Waals surface area contributed by atoms with Crippen molar-refractivity contribution in [3.8, 4) is 0 Å². The Morgan fingerprint density at radius 1 is 1.17 bits per heavy atom. The number of halogens is 1. The SMILES string of the molecule is CCCNC(CCCc1ccc(Br)cc1)C(C)C. The normalized spacial score (nSPS) is 12.9. The third-order valence-corrected chi connectivity index (χ3v) is 3.88. The number of rotatable bonds is 8. The maximum Gasteiger partial charge on any atom is 0.0175 e. The molecule has 0 saturated carbocycles. The largest absolute Gasteiger partial charge is 0.314 e. The summed E-state index contributed by atoms with van der Waals surface area (Å²) in [5.74, 6) is 0.724. The molecule has 1 aromatic rings. The fourth-order valence-corrected chi connectivity index (χ4v) is 2.44. The highest BCUT2D eigenvalue weighted by Crippen LogP contribution is 2.15. The van der Waals surface area contributed by atoms with Gasteiger partial charge in [0, 0.05) is 10.5 Å². The van der Waals surface area contributed by atoms with Crippen LogP contribution in [0.15, 0.2) is 28.7 Å². The Balaban J connectivity index is 2.31. The summed E-state index contributed by atoms with van der Waals surface area (Å²) in [6.45, 7) is 7.99. The molecule has 1 atom stereocenters. The molecule has 1 N–H and O–H groups in total. The molecule has 0 saturated heterocycles. The minimum atomic E-state index is 0.667. The van der Waals surface area contributed by atoms with Gasteiger partial charge in [0.15, 0.2) is 0 Å². The molecule has 0 aromatic heterocycles. The van der Waals surface area contributed by atoms with Gasteiger partial charge in [-0.1, -0.05) is 48.8 Å². The smallest absolute Gasteiger partial charge is 0.0175 e. The van der Waals surface area contributed by atoms with E-state index in [9.17, 15) is 0 Å². The van der Waals surface area contributed by atoms with Crippen molar-refractivity contribution in [2.45, 2.75) is 52.5 Å². The zero-order valence-corrected chi connectivity index (χ0v) is 13.5. The fraction of sp³-hybridized carbons (Fsp3) is 0.625. The molecule has 0 aliphatic heterocycles. The third kappa shape index (κ3) is 6.01. The summed E-state index contributed by atoms with van der Waals surface area (Å²) < 4.78 is 1.16. The van der Waals surface area contributed by atoms with Crippen molar-refractivity contribution < 1.29 is 0 Å². The summed E-state index contributed by atoms with van der Waals surface area (Å²) >= 11 is 3.47. The van der Waals surface area contributed by atoms with Gasteiger partial charge >= 0.3 is 0 Å². The molecule has 1 unspecified atom stereocenters. The van der Waals surface area contributed by atoms with Gasteiger partial charge in [-0.2, -0.15) is 0 Å². The monoisotopic (exact) mass is 311 g/mol. The summed E-state index contributed by atoms with van der Waals surface area (Å²) in [6, 6.07) is 9.36. The molecule has 1 aromatic carbocycles. The lowest BCUT2D eigenvalue weighted by molar-refractivity contribution is 0.370. The summed E-state index contributed by atoms with van der Waals surface area (Å²) in [5.41, 5.74) is 1.44. The number of nitrogens with one attached hydrogen (secondary N) is 1. The summed E-state index contributed by atoms with van der Waals surface area (Å²) in [4.78, 5) is 0. The van der Waals surface area contributed by atoms with E-state index in [1.54, 1.807) is 0 Å². The molecule has 0 bridgehead atoms. The van der Waals surface area contributed by atoms with E-state index in [1.807, 2.05) is 0 Å². The predicted octanol–water partition coefficient (Wildman–Crippen LogP) is 4.80. The average Bonchev–Trinajstić information content (AvgIpc) is 2.35. The van der Waals surface area contributed by atoms with Gasteiger partial charge < -0.3 is 5.32 Å². The molecular formula is C16H26BrN. The first-order chi connectivity index (χ1) is 8.63. The van der Waals surface area contributed by atoms with E-state index in [4.69, 9.17) is 0 Å². The molecule has 18 heavy (non-hydrogen) atoms. The molecule has 0 radical (unpaired) electrons. The van der Waals surface area contributed by atoms with E-state index < -0.39 is 0 Å². The maximum absolute atomic E-state index is 3.66. The van der Waals surface area contributed by atoms with Gasteiger partial charge in [-0.05, 0) is 55.8 Å². The van der Waals surface area contributed by atoms with Gasteiger partial charge in [0.1, 0.15) is 0 Å². The van der Waals surface area contributed by atoms with Gasteiger partial charge in [0.05, 0.1) is 0 Å². The number of hydrogen-bond acceptors (Lipinski definition) is 1. The lowest BCUT2D eigenvalue weighted by Crippen LogP contribution is -2.34. The average molecular weight is 312 g/mol. The Hall–Kier alpha value is -0.340. The molecule has 2 heteroatoms. The molecule has 0 fully saturated rings. The van der Waals surface area contributed by atoms with Crippen molar-refractivity contribution in [2.24, 2.45) is 5.92 Å². The van der Waals surface area contributed by atoms with Gasteiger partial charge in [-0.15, -0.1) is 0 Å². The minimum absolute atomic E-state index is 0.667. The Morgan fingerprint density at radius 3 is 2.39 bits per heavy atom. The van der Waals surface area contributed by atoms with Crippen molar-refractivity contribution >= 4 is 15.9 Å². The van der Waals surface area contributed by atoms with E-state index in [2.05, 4.69) is 66.3 Å². The molecule has 0 spiro atoms. The van der Waals surface area contributed by atoms with E-state index >= 15 is 0 Å². The molecule has 1 rings (SSSR count). The van der Waals surface area contributed by atoms with Crippen LogP contribution < -0.4 is 5.32 Å². The van der Waals surface area contributed by atoms with Crippen molar-refractivity contribution in [3.05, 3.63) is 34.3 Å². The van der Waals surface area contributed by atoms with Crippen molar-refractivity contribution in [1.29, 1.82) is 0 Å². The second-order valence-electron chi connectivity index (χ2n) is 5.32. The van der Waals surface area contributed by atoms with Crippen LogP contribution in [0.4, 0.5) is 0 Å². The quantitative estimate of drug-likeness (QED) is 0.727. The number of benzene rings is 1. The van der Waals surface area contributed by atoms with Gasteiger partial charge in [0.2, 0.25) is 0 Å². The first kappa shape index (κ1) is 15.7. The van der Waals surface area contributed by atoms with E-state index in [1.165, 1.54) is 31.2 Å². The fourth-order valence-electron chi connectivity index (χ4n) is 2.18. The summed E-state index contributed by atoms with van der Waals surface area (Å²) in [5, 5.41) is 3.66. The topological polar surface area (TPSA) is 12.0 Å². The van der Waals surface area contributed by atoms with Crippen LogP contribution in [0, 0.1) is 5.92 Å². The van der Waals surface area contributed by atoms with Crippen LogP contribution >= 0.6 is 15.9 Å². The molecule has 1 nitrogen and oxygen atoms in total. The van der Waals surface area contributed by atoms with Gasteiger partial charge in [-0.25, -0.2) is 0 Å². The predicted molar refractivity (Wildman–Crippen MR) is 84.0 cm³/mol. The summed E-state index contributed by atoms with van der Waals surface area (Å²) in [7, 11) is 0. The molecule has 0 amide bonds. The highest BCUT2D eigenvalue weighted by Gasteiger charge is 2.11. The second-order valence-corrected chi connectivity index (χ2v) is 6.24. The Labute approximate surface area is 120 Å². The van der Waals surface area contributed by atoms with Crippen LogP contribution in [0.1, 0.15) is 45.6 Å². The van der Waals surface area contributed by atoms with Crippen molar-refractivity contribution in [3.63, 3.8) is 0 Å². The highest BCUT2D eigenvalue weighted by atomic mass is 79.9. The maximum atomic E-state index is 3.66. The zero-order chi connectivity index (χ0) is 13.4. The van der Waals surface area contributed by atoms with Crippen LogP contribution in [-0.4, -0.2) is 12.6 Å². The highest BCUT2D eigenvalue weighted by molar-refractivity contribution is 9.10. The van der Waals surface area contributed by atoms with Crippen LogP contribution in [0.2, 0.25) is 0 Å². The Kier molecular flexibility index (Phi) is 7.60. The van der Waals surface area contributed by atoms with Crippen molar-refractivity contribution in [2.75, 3.05) is 6.54 Å². The van der Waals surface area contributed by atoms with E-state index in [0.29, 0.717) is 6.04 Å².